The maximum Gasteiger partial charge on any atom is 0.342 e. The summed E-state index contributed by atoms with van der Waals surface area (Å²) in [7, 11) is 1.49. The van der Waals surface area contributed by atoms with Gasteiger partial charge in [-0.05, 0) is 30.2 Å². The maximum absolute atomic E-state index is 12.3. The summed E-state index contributed by atoms with van der Waals surface area (Å²) in [5.74, 6) is -0.0680. The van der Waals surface area contributed by atoms with Crippen molar-refractivity contribution in [3.63, 3.8) is 0 Å². The molecular weight excluding hydrogens is 320 g/mol. The lowest BCUT2D eigenvalue weighted by atomic mass is 10.1. The predicted octanol–water partition coefficient (Wildman–Crippen LogP) is 3.72. The van der Waals surface area contributed by atoms with Gasteiger partial charge >= 0.3 is 11.6 Å². The van der Waals surface area contributed by atoms with Crippen LogP contribution in [0.5, 0.6) is 5.75 Å². The lowest BCUT2D eigenvalue weighted by molar-refractivity contribution is 0.0470. The molecule has 0 saturated heterocycles. The highest BCUT2D eigenvalue weighted by molar-refractivity contribution is 5.92. The van der Waals surface area contributed by atoms with Gasteiger partial charge in [0.25, 0.3) is 0 Å². The van der Waals surface area contributed by atoms with Crippen LogP contribution in [0.1, 0.15) is 28.4 Å². The molecule has 0 fully saturated rings. The highest BCUT2D eigenvalue weighted by atomic mass is 16.5. The fraction of sp³-hybridized carbons (Fsp3) is 0.200. The molecule has 0 unspecified atom stereocenters. The quantitative estimate of drug-likeness (QED) is 0.524. The van der Waals surface area contributed by atoms with Gasteiger partial charge in [0, 0.05) is 17.0 Å². The third-order valence-corrected chi connectivity index (χ3v) is 3.99. The van der Waals surface area contributed by atoms with E-state index in [4.69, 9.17) is 13.9 Å². The van der Waals surface area contributed by atoms with Crippen LogP contribution in [0.25, 0.3) is 11.0 Å². The number of carbonyl (C=O) groups excluding carboxylic acids is 1. The number of aryl methyl sites for hydroxylation is 1. The van der Waals surface area contributed by atoms with E-state index in [2.05, 4.69) is 0 Å². The number of fused-ring (bicyclic) bond motifs is 1. The Balaban J connectivity index is 1.88. The van der Waals surface area contributed by atoms with Gasteiger partial charge in [0.1, 0.15) is 23.5 Å². The van der Waals surface area contributed by atoms with Crippen molar-refractivity contribution in [2.45, 2.75) is 20.0 Å². The molecule has 0 atom stereocenters. The van der Waals surface area contributed by atoms with Crippen LogP contribution < -0.4 is 10.4 Å². The number of esters is 1. The van der Waals surface area contributed by atoms with E-state index in [0.29, 0.717) is 22.5 Å². The number of methoxy groups -OCH3 is 1. The Morgan fingerprint density at radius 2 is 1.92 bits per heavy atom. The molecule has 5 nitrogen and oxygen atoms in total. The van der Waals surface area contributed by atoms with Crippen molar-refractivity contribution in [2.24, 2.45) is 0 Å². The normalized spacial score (nSPS) is 10.6. The van der Waals surface area contributed by atoms with E-state index in [1.807, 2.05) is 25.1 Å². The molecule has 1 aromatic heterocycles. The average molecular weight is 338 g/mol. The van der Waals surface area contributed by atoms with Crippen molar-refractivity contribution in [3.8, 4) is 5.75 Å². The molecule has 3 rings (SSSR count). The molecular formula is C20H18O5. The number of carbonyl (C=O) groups is 1. The van der Waals surface area contributed by atoms with Gasteiger partial charge in [-0.2, -0.15) is 0 Å². The first-order valence-corrected chi connectivity index (χ1v) is 7.98. The molecule has 3 aromatic rings. The smallest absolute Gasteiger partial charge is 0.342 e. The fourth-order valence-corrected chi connectivity index (χ4v) is 2.65. The summed E-state index contributed by atoms with van der Waals surface area (Å²) >= 11 is 0. The van der Waals surface area contributed by atoms with Crippen LogP contribution in [0, 0.1) is 0 Å². The van der Waals surface area contributed by atoms with E-state index in [9.17, 15) is 9.59 Å². The summed E-state index contributed by atoms with van der Waals surface area (Å²) in [5.41, 5.74) is 2.04. The van der Waals surface area contributed by atoms with Crippen LogP contribution in [-0.2, 0) is 17.8 Å². The van der Waals surface area contributed by atoms with E-state index in [1.165, 1.54) is 13.2 Å². The molecule has 1 heterocycles. The van der Waals surface area contributed by atoms with Gasteiger partial charge in [-0.1, -0.05) is 31.2 Å². The zero-order valence-electron chi connectivity index (χ0n) is 14.1. The first-order chi connectivity index (χ1) is 12.1. The van der Waals surface area contributed by atoms with Crippen LogP contribution >= 0.6 is 0 Å². The van der Waals surface area contributed by atoms with Gasteiger partial charge in [-0.15, -0.1) is 0 Å². The largest absolute Gasteiger partial charge is 0.496 e. The summed E-state index contributed by atoms with van der Waals surface area (Å²) in [6.45, 7) is 2.00. The Labute approximate surface area is 144 Å². The van der Waals surface area contributed by atoms with Crippen LogP contribution in [0.2, 0.25) is 0 Å². The summed E-state index contributed by atoms with van der Waals surface area (Å²) in [6, 6.07) is 13.9. The number of benzene rings is 2. The van der Waals surface area contributed by atoms with Gasteiger partial charge in [0.15, 0.2) is 0 Å². The molecule has 2 aromatic carbocycles. The first-order valence-electron chi connectivity index (χ1n) is 7.98. The lowest BCUT2D eigenvalue weighted by Gasteiger charge is -2.10. The Morgan fingerprint density at radius 1 is 1.12 bits per heavy atom. The van der Waals surface area contributed by atoms with Crippen molar-refractivity contribution in [1.29, 1.82) is 0 Å². The van der Waals surface area contributed by atoms with Gasteiger partial charge in [-0.3, -0.25) is 0 Å². The molecule has 5 heteroatoms. The monoisotopic (exact) mass is 338 g/mol. The Kier molecular flexibility index (Phi) is 4.84. The molecule has 0 N–H and O–H groups in total. The van der Waals surface area contributed by atoms with Gasteiger partial charge in [0.2, 0.25) is 0 Å². The zero-order valence-corrected chi connectivity index (χ0v) is 14.1. The van der Waals surface area contributed by atoms with E-state index in [-0.39, 0.29) is 6.61 Å². The molecule has 0 aliphatic heterocycles. The number of hydrogen-bond acceptors (Lipinski definition) is 5. The zero-order chi connectivity index (χ0) is 17.8. The average Bonchev–Trinajstić information content (AvgIpc) is 2.65. The molecule has 0 aliphatic carbocycles. The molecule has 0 saturated carbocycles. The molecule has 0 bridgehead atoms. The first kappa shape index (κ1) is 16.8. The maximum atomic E-state index is 12.3. The third kappa shape index (κ3) is 3.55. The molecule has 0 spiro atoms. The van der Waals surface area contributed by atoms with Crippen LogP contribution in [-0.4, -0.2) is 13.1 Å². The van der Waals surface area contributed by atoms with E-state index < -0.39 is 11.6 Å². The van der Waals surface area contributed by atoms with Crippen LogP contribution in [0.3, 0.4) is 0 Å². The highest BCUT2D eigenvalue weighted by Crippen LogP contribution is 2.22. The van der Waals surface area contributed by atoms with E-state index in [1.54, 1.807) is 24.3 Å². The highest BCUT2D eigenvalue weighted by Gasteiger charge is 2.14. The molecule has 0 radical (unpaired) electrons. The minimum absolute atomic E-state index is 0.0234. The number of rotatable bonds is 5. The SMILES string of the molecule is CCc1ccc2c(COC(=O)c3ccccc3OC)cc(=O)oc2c1. The Bertz CT molecular complexity index is 971. The van der Waals surface area contributed by atoms with Crippen molar-refractivity contribution >= 4 is 16.9 Å². The molecule has 25 heavy (non-hydrogen) atoms. The van der Waals surface area contributed by atoms with Crippen molar-refractivity contribution in [1.82, 2.24) is 0 Å². The van der Waals surface area contributed by atoms with Gasteiger partial charge in [0.05, 0.1) is 7.11 Å². The number of hydrogen-bond donors (Lipinski definition) is 0. The van der Waals surface area contributed by atoms with Gasteiger partial charge in [-0.25, -0.2) is 9.59 Å². The Morgan fingerprint density at radius 3 is 2.68 bits per heavy atom. The number of ether oxygens (including phenoxy) is 2. The summed E-state index contributed by atoms with van der Waals surface area (Å²) in [4.78, 5) is 24.1. The lowest BCUT2D eigenvalue weighted by Crippen LogP contribution is -2.09. The minimum atomic E-state index is -0.510. The van der Waals surface area contributed by atoms with Crippen LogP contribution in [0.4, 0.5) is 0 Å². The fourth-order valence-electron chi connectivity index (χ4n) is 2.65. The van der Waals surface area contributed by atoms with E-state index >= 15 is 0 Å². The number of para-hydroxylation sites is 1. The second-order valence-electron chi connectivity index (χ2n) is 5.55. The topological polar surface area (TPSA) is 65.7 Å². The second-order valence-corrected chi connectivity index (χ2v) is 5.55. The standard InChI is InChI=1S/C20H18O5/c1-3-13-8-9-15-14(11-19(21)25-18(15)10-13)12-24-20(22)16-6-4-5-7-17(16)23-2/h4-11H,3,12H2,1-2H3. The van der Waals surface area contributed by atoms with Crippen molar-refractivity contribution < 1.29 is 18.7 Å². The molecule has 128 valence electrons. The predicted molar refractivity (Wildman–Crippen MR) is 94.0 cm³/mol. The summed E-state index contributed by atoms with van der Waals surface area (Å²) in [5, 5.41) is 0.754. The molecule has 0 amide bonds. The van der Waals surface area contributed by atoms with Crippen molar-refractivity contribution in [3.05, 3.63) is 75.6 Å². The summed E-state index contributed by atoms with van der Waals surface area (Å²) in [6.07, 6.45) is 0.840. The van der Waals surface area contributed by atoms with Crippen LogP contribution in [0.15, 0.2) is 57.7 Å². The second kappa shape index (κ2) is 7.21. The third-order valence-electron chi connectivity index (χ3n) is 3.99. The van der Waals surface area contributed by atoms with E-state index in [0.717, 1.165) is 17.4 Å². The van der Waals surface area contributed by atoms with Gasteiger partial charge < -0.3 is 13.9 Å². The minimum Gasteiger partial charge on any atom is -0.496 e. The molecule has 0 aliphatic rings. The Hall–Kier alpha value is -3.08. The van der Waals surface area contributed by atoms with Crippen molar-refractivity contribution in [2.75, 3.05) is 7.11 Å². The summed E-state index contributed by atoms with van der Waals surface area (Å²) < 4.78 is 15.8.